The van der Waals surface area contributed by atoms with E-state index < -0.39 is 6.10 Å². The Labute approximate surface area is 217 Å². The zero-order chi connectivity index (χ0) is 24.4. The van der Waals surface area contributed by atoms with Crippen LogP contribution in [0.1, 0.15) is 10.8 Å². The Morgan fingerprint density at radius 2 is 1.91 bits per heavy atom. The Balaban J connectivity index is 1.07. The molecule has 5 rings (SSSR count). The highest BCUT2D eigenvalue weighted by Gasteiger charge is 2.21. The number of fused-ring (bicyclic) bond motifs is 1. The van der Waals surface area contributed by atoms with Gasteiger partial charge in [-0.05, 0) is 25.1 Å². The lowest BCUT2D eigenvalue weighted by Crippen LogP contribution is -2.48. The summed E-state index contributed by atoms with van der Waals surface area (Å²) in [5, 5.41) is 16.7. The van der Waals surface area contributed by atoms with Gasteiger partial charge in [-0.25, -0.2) is 4.98 Å². The summed E-state index contributed by atoms with van der Waals surface area (Å²) in [6.45, 7) is 6.97. The minimum atomic E-state index is -0.561. The van der Waals surface area contributed by atoms with E-state index in [0.717, 1.165) is 58.5 Å². The van der Waals surface area contributed by atoms with E-state index >= 15 is 0 Å². The van der Waals surface area contributed by atoms with Crippen LogP contribution in [0.25, 0.3) is 21.5 Å². The summed E-state index contributed by atoms with van der Waals surface area (Å²) in [5.74, 6) is 1.52. The molecule has 4 aromatic rings. The average Bonchev–Trinajstić information content (AvgIpc) is 3.46. The number of benzene rings is 2. The van der Waals surface area contributed by atoms with Crippen LogP contribution in [-0.2, 0) is 6.54 Å². The second-order valence-corrected chi connectivity index (χ2v) is 10.7. The highest BCUT2D eigenvalue weighted by molar-refractivity contribution is 7.18. The Morgan fingerprint density at radius 3 is 2.74 bits per heavy atom. The van der Waals surface area contributed by atoms with Gasteiger partial charge in [0.1, 0.15) is 24.2 Å². The van der Waals surface area contributed by atoms with Gasteiger partial charge in [-0.1, -0.05) is 40.5 Å². The van der Waals surface area contributed by atoms with Crippen LogP contribution in [0.3, 0.4) is 0 Å². The molecule has 0 aliphatic carbocycles. The van der Waals surface area contributed by atoms with Crippen molar-refractivity contribution in [2.75, 3.05) is 39.3 Å². The van der Waals surface area contributed by atoms with Gasteiger partial charge in [-0.15, -0.1) is 11.3 Å². The van der Waals surface area contributed by atoms with Crippen molar-refractivity contribution < 1.29 is 14.4 Å². The molecule has 1 aliphatic rings. The lowest BCUT2D eigenvalue weighted by atomic mass is 10.1. The molecule has 2 aromatic heterocycles. The van der Waals surface area contributed by atoms with Crippen molar-refractivity contribution in [2.45, 2.75) is 19.6 Å². The molecule has 0 spiro atoms. The second-order valence-electron chi connectivity index (χ2n) is 8.68. The Morgan fingerprint density at radius 1 is 1.11 bits per heavy atom. The van der Waals surface area contributed by atoms with Crippen LogP contribution < -0.4 is 4.74 Å². The van der Waals surface area contributed by atoms with Gasteiger partial charge in [0.15, 0.2) is 5.76 Å². The second kappa shape index (κ2) is 10.8. The highest BCUT2D eigenvalue weighted by Crippen LogP contribution is 2.33. The molecule has 0 amide bonds. The summed E-state index contributed by atoms with van der Waals surface area (Å²) >= 11 is 14.1. The number of nitrogens with zero attached hydrogens (tertiary/aromatic N) is 4. The summed E-state index contributed by atoms with van der Waals surface area (Å²) in [4.78, 5) is 9.07. The Hall–Kier alpha value is -2.20. The number of aryl methyl sites for hydroxylation is 1. The number of ether oxygens (including phenoxy) is 1. The Bertz CT molecular complexity index is 1300. The molecule has 1 saturated heterocycles. The van der Waals surface area contributed by atoms with Gasteiger partial charge in [0.05, 0.1) is 31.8 Å². The third kappa shape index (κ3) is 5.97. The average molecular weight is 533 g/mol. The summed E-state index contributed by atoms with van der Waals surface area (Å²) in [6.07, 6.45) is -0.561. The van der Waals surface area contributed by atoms with Crippen LogP contribution >= 0.6 is 34.5 Å². The van der Waals surface area contributed by atoms with Crippen molar-refractivity contribution in [1.29, 1.82) is 0 Å². The molecule has 1 fully saturated rings. The third-order valence-corrected chi connectivity index (χ3v) is 7.78. The van der Waals surface area contributed by atoms with Crippen LogP contribution in [0.15, 0.2) is 47.0 Å². The van der Waals surface area contributed by atoms with Gasteiger partial charge < -0.3 is 14.4 Å². The van der Waals surface area contributed by atoms with Gasteiger partial charge in [-0.3, -0.25) is 9.80 Å². The monoisotopic (exact) mass is 532 g/mol. The zero-order valence-electron chi connectivity index (χ0n) is 19.3. The normalized spacial score (nSPS) is 16.1. The van der Waals surface area contributed by atoms with Gasteiger partial charge >= 0.3 is 0 Å². The van der Waals surface area contributed by atoms with Crippen LogP contribution in [0.5, 0.6) is 5.75 Å². The number of rotatable bonds is 8. The number of aliphatic hydroxyl groups is 1. The molecule has 1 atom stereocenters. The summed E-state index contributed by atoms with van der Waals surface area (Å²) < 4.78 is 12.5. The van der Waals surface area contributed by atoms with Gasteiger partial charge in [0, 0.05) is 50.4 Å². The fourth-order valence-corrected chi connectivity index (χ4v) is 5.43. The molecule has 0 radical (unpaired) electrons. The van der Waals surface area contributed by atoms with Crippen molar-refractivity contribution >= 4 is 44.8 Å². The molecule has 10 heteroatoms. The first kappa shape index (κ1) is 24.5. The molecule has 7 nitrogen and oxygen atoms in total. The van der Waals surface area contributed by atoms with Crippen LogP contribution in [0.4, 0.5) is 0 Å². The number of thiazole rings is 1. The van der Waals surface area contributed by atoms with E-state index in [-0.39, 0.29) is 6.61 Å². The molecule has 2 aromatic carbocycles. The zero-order valence-corrected chi connectivity index (χ0v) is 21.6. The number of halogens is 2. The van der Waals surface area contributed by atoms with E-state index in [0.29, 0.717) is 28.8 Å². The van der Waals surface area contributed by atoms with Crippen LogP contribution in [-0.4, -0.2) is 70.5 Å². The van der Waals surface area contributed by atoms with Crippen molar-refractivity contribution in [1.82, 2.24) is 19.9 Å². The third-order valence-electron chi connectivity index (χ3n) is 6.01. The molecule has 1 N–H and O–H groups in total. The largest absolute Gasteiger partial charge is 0.491 e. The predicted molar refractivity (Wildman–Crippen MR) is 140 cm³/mol. The van der Waals surface area contributed by atoms with E-state index in [1.807, 2.05) is 43.3 Å². The number of aliphatic hydroxyl groups excluding tert-OH is 1. The molecule has 3 heterocycles. The molecule has 35 heavy (non-hydrogen) atoms. The lowest BCUT2D eigenvalue weighted by Gasteiger charge is -2.35. The van der Waals surface area contributed by atoms with E-state index in [2.05, 4.69) is 19.9 Å². The first-order valence-electron chi connectivity index (χ1n) is 11.5. The first-order chi connectivity index (χ1) is 16.9. The maximum atomic E-state index is 10.5. The fraction of sp³-hybridized carbons (Fsp3) is 0.360. The predicted octanol–water partition coefficient (Wildman–Crippen LogP) is 5.12. The highest BCUT2D eigenvalue weighted by atomic mass is 35.5. The number of aromatic nitrogens is 2. The maximum Gasteiger partial charge on any atom is 0.151 e. The first-order valence-corrected chi connectivity index (χ1v) is 13.0. The standard InChI is InChI=1S/C25H26Cl2N4O3S/c1-16-28-23-11-18(5-6-24(23)35-16)33-15-17(32)13-30-7-9-31(10-8-30)14-19-12-22(29-34-19)20-3-2-4-21(26)25(20)27/h2-6,11-12,17,32H,7-10,13-15H2,1H3. The maximum absolute atomic E-state index is 10.5. The quantitative estimate of drug-likeness (QED) is 0.337. The molecule has 184 valence electrons. The van der Waals surface area contributed by atoms with Crippen molar-refractivity contribution in [3.8, 4) is 17.0 Å². The van der Waals surface area contributed by atoms with Crippen molar-refractivity contribution in [3.05, 3.63) is 63.3 Å². The summed E-state index contributed by atoms with van der Waals surface area (Å²) in [7, 11) is 0. The van der Waals surface area contributed by atoms with E-state index in [1.54, 1.807) is 17.4 Å². The number of β-amino-alcohol motifs (C(OH)–C–C–N with tert-alkyl or cyclic N) is 1. The van der Waals surface area contributed by atoms with E-state index in [9.17, 15) is 5.11 Å². The Kier molecular flexibility index (Phi) is 7.57. The molecule has 0 saturated carbocycles. The van der Waals surface area contributed by atoms with Gasteiger partial charge in [0.25, 0.3) is 0 Å². The summed E-state index contributed by atoms with van der Waals surface area (Å²) in [6, 6.07) is 13.3. The minimum Gasteiger partial charge on any atom is -0.491 e. The van der Waals surface area contributed by atoms with Gasteiger partial charge in [-0.2, -0.15) is 0 Å². The fourth-order valence-electron chi connectivity index (χ4n) is 4.22. The molecular formula is C25H26Cl2N4O3S. The molecule has 1 unspecified atom stereocenters. The number of piperazine rings is 1. The topological polar surface area (TPSA) is 74.9 Å². The smallest absolute Gasteiger partial charge is 0.151 e. The number of hydrogen-bond donors (Lipinski definition) is 1. The van der Waals surface area contributed by atoms with E-state index in [4.69, 9.17) is 32.5 Å². The van der Waals surface area contributed by atoms with Crippen LogP contribution in [0, 0.1) is 6.92 Å². The number of hydrogen-bond acceptors (Lipinski definition) is 8. The molecule has 0 bridgehead atoms. The van der Waals surface area contributed by atoms with E-state index in [1.165, 1.54) is 0 Å². The lowest BCUT2D eigenvalue weighted by molar-refractivity contribution is 0.0430. The summed E-state index contributed by atoms with van der Waals surface area (Å²) in [5.41, 5.74) is 2.38. The SMILES string of the molecule is Cc1nc2cc(OCC(O)CN3CCN(Cc4cc(-c5cccc(Cl)c5Cl)no4)CC3)ccc2s1. The van der Waals surface area contributed by atoms with Crippen LogP contribution in [0.2, 0.25) is 10.0 Å². The minimum absolute atomic E-state index is 0.252. The molecule has 1 aliphatic heterocycles. The van der Waals surface area contributed by atoms with Gasteiger partial charge in [0.2, 0.25) is 0 Å². The van der Waals surface area contributed by atoms with Crippen molar-refractivity contribution in [3.63, 3.8) is 0 Å². The van der Waals surface area contributed by atoms with Crippen molar-refractivity contribution in [2.24, 2.45) is 0 Å². The molecular weight excluding hydrogens is 507 g/mol.